The lowest BCUT2D eigenvalue weighted by atomic mass is 9.94. The van der Waals surface area contributed by atoms with Crippen LogP contribution < -0.4 is 16.4 Å². The zero-order chi connectivity index (χ0) is 14.7. The smallest absolute Gasteiger partial charge is 0.160 e. The number of aliphatic hydroxyl groups is 2. The van der Waals surface area contributed by atoms with E-state index in [4.69, 9.17) is 10.5 Å². The molecular formula is C13H31N3O3. The van der Waals surface area contributed by atoms with E-state index in [2.05, 4.69) is 24.5 Å². The van der Waals surface area contributed by atoms with Crippen molar-refractivity contribution in [1.29, 1.82) is 0 Å². The van der Waals surface area contributed by atoms with Crippen LogP contribution in [0, 0.1) is 5.92 Å². The summed E-state index contributed by atoms with van der Waals surface area (Å²) in [5.41, 5.74) is 5.33. The number of hydrogen-bond donors (Lipinski definition) is 5. The lowest BCUT2D eigenvalue weighted by Crippen LogP contribution is -2.49. The van der Waals surface area contributed by atoms with Crippen LogP contribution in [0.1, 0.15) is 33.1 Å². The Balaban J connectivity index is 4.23. The molecule has 0 aromatic heterocycles. The molecule has 116 valence electrons. The summed E-state index contributed by atoms with van der Waals surface area (Å²) in [6.45, 7) is 5.25. The largest absolute Gasteiger partial charge is 0.389 e. The fourth-order valence-corrected chi connectivity index (χ4v) is 1.99. The lowest BCUT2D eigenvalue weighted by Gasteiger charge is -2.29. The molecule has 6 heteroatoms. The molecule has 0 heterocycles. The normalized spacial score (nSPS) is 18.0. The Hall–Kier alpha value is -0.240. The van der Waals surface area contributed by atoms with Gasteiger partial charge in [0, 0.05) is 12.6 Å². The van der Waals surface area contributed by atoms with E-state index in [9.17, 15) is 10.2 Å². The fraction of sp³-hybridized carbons (Fsp3) is 1.00. The van der Waals surface area contributed by atoms with E-state index in [1.165, 1.54) is 0 Å². The number of hydrogen-bond acceptors (Lipinski definition) is 6. The summed E-state index contributed by atoms with van der Waals surface area (Å²) in [5.74, 6) is 0.299. The number of aliphatic hydroxyl groups excluding tert-OH is 2. The van der Waals surface area contributed by atoms with Crippen LogP contribution in [0.25, 0.3) is 0 Å². The molecule has 0 aliphatic rings. The van der Waals surface area contributed by atoms with Crippen molar-refractivity contribution in [1.82, 2.24) is 10.6 Å². The molecule has 0 aromatic carbocycles. The molecule has 6 N–H and O–H groups in total. The number of nitrogens with one attached hydrogen (secondary N) is 2. The summed E-state index contributed by atoms with van der Waals surface area (Å²) >= 11 is 0. The zero-order valence-corrected chi connectivity index (χ0v) is 12.4. The highest BCUT2D eigenvalue weighted by atomic mass is 16.5. The van der Waals surface area contributed by atoms with Gasteiger partial charge in [0.15, 0.2) is 6.35 Å². The van der Waals surface area contributed by atoms with Crippen molar-refractivity contribution in [2.24, 2.45) is 11.7 Å². The van der Waals surface area contributed by atoms with Gasteiger partial charge in [-0.15, -0.1) is 0 Å². The first-order valence-corrected chi connectivity index (χ1v) is 7.16. The van der Waals surface area contributed by atoms with Gasteiger partial charge in [-0.2, -0.15) is 0 Å². The Kier molecular flexibility index (Phi) is 11.4. The second kappa shape index (κ2) is 11.6. The Morgan fingerprint density at radius 1 is 1.21 bits per heavy atom. The Labute approximate surface area is 116 Å². The summed E-state index contributed by atoms with van der Waals surface area (Å²) in [5, 5.41) is 24.9. The molecule has 0 saturated carbocycles. The summed E-state index contributed by atoms with van der Waals surface area (Å²) in [6.07, 6.45) is 1.65. The second-order valence-corrected chi connectivity index (χ2v) is 4.85. The predicted molar refractivity (Wildman–Crippen MR) is 76.6 cm³/mol. The van der Waals surface area contributed by atoms with E-state index < -0.39 is 12.5 Å². The van der Waals surface area contributed by atoms with Crippen LogP contribution in [0.4, 0.5) is 0 Å². The highest BCUT2D eigenvalue weighted by Gasteiger charge is 2.21. The Bertz CT molecular complexity index is 208. The molecule has 0 aliphatic heterocycles. The molecule has 0 saturated heterocycles. The molecule has 6 nitrogen and oxygen atoms in total. The van der Waals surface area contributed by atoms with Gasteiger partial charge in [0.25, 0.3) is 0 Å². The zero-order valence-electron chi connectivity index (χ0n) is 12.4. The summed E-state index contributed by atoms with van der Waals surface area (Å²) in [4.78, 5) is 0. The minimum absolute atomic E-state index is 0.187. The lowest BCUT2D eigenvalue weighted by molar-refractivity contribution is 0.00809. The van der Waals surface area contributed by atoms with Gasteiger partial charge in [0.05, 0.1) is 19.3 Å². The van der Waals surface area contributed by atoms with Crippen molar-refractivity contribution in [2.45, 2.75) is 51.6 Å². The van der Waals surface area contributed by atoms with Crippen molar-refractivity contribution < 1.29 is 14.9 Å². The third-order valence-corrected chi connectivity index (χ3v) is 3.25. The van der Waals surface area contributed by atoms with E-state index in [0.29, 0.717) is 12.5 Å². The highest BCUT2D eigenvalue weighted by molar-refractivity contribution is 4.76. The van der Waals surface area contributed by atoms with Gasteiger partial charge in [0.1, 0.15) is 0 Å². The number of rotatable bonds is 12. The van der Waals surface area contributed by atoms with Gasteiger partial charge in [-0.1, -0.05) is 20.3 Å². The molecule has 0 rings (SSSR count). The minimum Gasteiger partial charge on any atom is -0.389 e. The third-order valence-electron chi connectivity index (χ3n) is 3.25. The molecule has 0 unspecified atom stereocenters. The first-order chi connectivity index (χ1) is 9.08. The van der Waals surface area contributed by atoms with E-state index >= 15 is 0 Å². The number of nitrogens with two attached hydrogens (primary N) is 1. The van der Waals surface area contributed by atoms with Gasteiger partial charge in [0.2, 0.25) is 0 Å². The van der Waals surface area contributed by atoms with E-state index in [-0.39, 0.29) is 19.2 Å². The highest BCUT2D eigenvalue weighted by Crippen LogP contribution is 2.15. The third kappa shape index (κ3) is 8.52. The van der Waals surface area contributed by atoms with Gasteiger partial charge in [-0.3, -0.25) is 10.6 Å². The molecule has 0 bridgehead atoms. The Morgan fingerprint density at radius 3 is 2.37 bits per heavy atom. The van der Waals surface area contributed by atoms with Crippen LogP contribution in [0.3, 0.4) is 0 Å². The number of ether oxygens (including phenoxy) is 1. The van der Waals surface area contributed by atoms with Crippen molar-refractivity contribution in [2.75, 3.05) is 26.8 Å². The van der Waals surface area contributed by atoms with Gasteiger partial charge in [-0.05, 0) is 25.8 Å². The van der Waals surface area contributed by atoms with Crippen LogP contribution in [-0.2, 0) is 4.74 Å². The monoisotopic (exact) mass is 277 g/mol. The van der Waals surface area contributed by atoms with Crippen molar-refractivity contribution in [3.05, 3.63) is 0 Å². The maximum atomic E-state index is 9.63. The first kappa shape index (κ1) is 18.8. The fourth-order valence-electron chi connectivity index (χ4n) is 1.99. The molecule has 19 heavy (non-hydrogen) atoms. The molecule has 0 aromatic rings. The quantitative estimate of drug-likeness (QED) is 0.311. The maximum Gasteiger partial charge on any atom is 0.160 e. The van der Waals surface area contributed by atoms with Crippen LogP contribution in [-0.4, -0.2) is 55.5 Å². The van der Waals surface area contributed by atoms with E-state index in [0.717, 1.165) is 19.3 Å². The molecule has 4 atom stereocenters. The topological polar surface area (TPSA) is 99.8 Å². The SMILES string of the molecule is CCC[C@@H](N[C@H](O)NC)[C@@H](CC)COC[C@@H](O)CN. The van der Waals surface area contributed by atoms with Crippen LogP contribution in [0.15, 0.2) is 0 Å². The van der Waals surface area contributed by atoms with Gasteiger partial charge < -0.3 is 20.7 Å². The predicted octanol–water partition coefficient (Wildman–Crippen LogP) is -0.398. The standard InChI is InChI=1S/C13H31N3O3/c1-4-6-12(16-13(18)15-3)10(5-2)8-19-9-11(17)7-14/h10-13,15-18H,4-9,14H2,1-3H3/t10-,11-,12+,13+/m0/s1. The first-order valence-electron chi connectivity index (χ1n) is 7.16. The minimum atomic E-state index is -0.708. The molecule has 0 spiro atoms. The Morgan fingerprint density at radius 2 is 1.89 bits per heavy atom. The van der Waals surface area contributed by atoms with Gasteiger partial charge in [-0.25, -0.2) is 0 Å². The molecule has 0 amide bonds. The van der Waals surface area contributed by atoms with Gasteiger partial charge >= 0.3 is 0 Å². The summed E-state index contributed by atoms with van der Waals surface area (Å²) in [7, 11) is 1.70. The maximum absolute atomic E-state index is 9.63. The molecule has 0 fully saturated rings. The second-order valence-electron chi connectivity index (χ2n) is 4.85. The molecule has 0 radical (unpaired) electrons. The average molecular weight is 277 g/mol. The van der Waals surface area contributed by atoms with Crippen molar-refractivity contribution in [3.8, 4) is 0 Å². The summed E-state index contributed by atoms with van der Waals surface area (Å²) < 4.78 is 5.51. The average Bonchev–Trinajstić information content (AvgIpc) is 2.42. The van der Waals surface area contributed by atoms with Crippen LogP contribution in [0.5, 0.6) is 0 Å². The van der Waals surface area contributed by atoms with Crippen LogP contribution >= 0.6 is 0 Å². The summed E-state index contributed by atoms with van der Waals surface area (Å²) in [6, 6.07) is 0.187. The van der Waals surface area contributed by atoms with Crippen LogP contribution in [0.2, 0.25) is 0 Å². The van der Waals surface area contributed by atoms with E-state index in [1.807, 2.05) is 0 Å². The van der Waals surface area contributed by atoms with Crippen molar-refractivity contribution in [3.63, 3.8) is 0 Å². The molecule has 0 aliphatic carbocycles. The molecular weight excluding hydrogens is 246 g/mol. The van der Waals surface area contributed by atoms with E-state index in [1.54, 1.807) is 7.05 Å². The van der Waals surface area contributed by atoms with Crippen molar-refractivity contribution >= 4 is 0 Å².